The predicted octanol–water partition coefficient (Wildman–Crippen LogP) is 4.02. The Bertz CT molecular complexity index is 736. The molecule has 3 heteroatoms. The van der Waals surface area contributed by atoms with Crippen molar-refractivity contribution < 1.29 is 9.47 Å². The number of aromatic nitrogens is 1. The average molecular weight is 299 g/mol. The third-order valence-corrected chi connectivity index (χ3v) is 4.87. The second kappa shape index (κ2) is 4.36. The number of hydrogen-bond acceptors (Lipinski definition) is 2. The van der Waals surface area contributed by atoms with Gasteiger partial charge in [0.15, 0.2) is 5.79 Å². The molecular weight excluding hydrogens is 274 g/mol. The minimum absolute atomic E-state index is 0.127. The van der Waals surface area contributed by atoms with E-state index >= 15 is 0 Å². The number of benzene rings is 1. The lowest BCUT2D eigenvalue weighted by atomic mass is 9.83. The lowest BCUT2D eigenvalue weighted by molar-refractivity contribution is -0.145. The van der Waals surface area contributed by atoms with Crippen molar-refractivity contribution in [3.05, 3.63) is 35.5 Å². The average Bonchev–Trinajstić information content (AvgIpc) is 2.87. The molecule has 1 fully saturated rings. The molecule has 4 rings (SSSR count). The summed E-state index contributed by atoms with van der Waals surface area (Å²) in [5.41, 5.74) is 4.35. The third kappa shape index (κ3) is 2.03. The fourth-order valence-corrected chi connectivity index (χ4v) is 4.22. The fraction of sp³-hybridized carbons (Fsp3) is 0.579. The summed E-state index contributed by atoms with van der Waals surface area (Å²) in [7, 11) is 0. The highest BCUT2D eigenvalue weighted by Gasteiger charge is 2.45. The Hall–Kier alpha value is -1.32. The smallest absolute Gasteiger partial charge is 0.163 e. The molecule has 118 valence electrons. The van der Waals surface area contributed by atoms with Gasteiger partial charge < -0.3 is 14.0 Å². The number of hydrogen-bond donors (Lipinski definition) is 0. The first kappa shape index (κ1) is 14.3. The zero-order valence-corrected chi connectivity index (χ0v) is 14.1. The topological polar surface area (TPSA) is 23.4 Å². The van der Waals surface area contributed by atoms with E-state index in [4.69, 9.17) is 9.47 Å². The van der Waals surface area contributed by atoms with Crippen molar-refractivity contribution in [3.8, 4) is 0 Å². The van der Waals surface area contributed by atoms with Crippen molar-refractivity contribution in [1.29, 1.82) is 0 Å². The molecule has 1 saturated heterocycles. The minimum atomic E-state index is -0.461. The summed E-state index contributed by atoms with van der Waals surface area (Å²) in [4.78, 5) is 0. The van der Waals surface area contributed by atoms with E-state index < -0.39 is 5.79 Å². The van der Waals surface area contributed by atoms with Crippen LogP contribution in [0.3, 0.4) is 0 Å². The molecule has 0 unspecified atom stereocenters. The second-order valence-corrected chi connectivity index (χ2v) is 8.12. The highest BCUT2D eigenvalue weighted by Crippen LogP contribution is 2.42. The van der Waals surface area contributed by atoms with Crippen molar-refractivity contribution in [3.63, 3.8) is 0 Å². The number of ether oxygens (including phenoxy) is 2. The molecule has 0 spiro atoms. The van der Waals surface area contributed by atoms with Crippen molar-refractivity contribution in [2.75, 3.05) is 0 Å². The zero-order chi connectivity index (χ0) is 15.7. The molecule has 2 aliphatic heterocycles. The summed E-state index contributed by atoms with van der Waals surface area (Å²) in [6, 6.07) is 8.75. The molecule has 0 aliphatic carbocycles. The van der Waals surface area contributed by atoms with E-state index in [1.54, 1.807) is 0 Å². The fourth-order valence-electron chi connectivity index (χ4n) is 4.22. The maximum atomic E-state index is 6.14. The zero-order valence-electron chi connectivity index (χ0n) is 14.1. The van der Waals surface area contributed by atoms with Crippen LogP contribution in [0.25, 0.3) is 10.9 Å². The van der Waals surface area contributed by atoms with Gasteiger partial charge in [-0.15, -0.1) is 0 Å². The van der Waals surface area contributed by atoms with Crippen LogP contribution in [0.4, 0.5) is 0 Å². The normalized spacial score (nSPS) is 27.0. The van der Waals surface area contributed by atoms with E-state index in [0.29, 0.717) is 0 Å². The Morgan fingerprint density at radius 3 is 2.50 bits per heavy atom. The molecule has 2 aliphatic rings. The molecule has 3 nitrogen and oxygen atoms in total. The Balaban J connectivity index is 1.90. The van der Waals surface area contributed by atoms with Crippen LogP contribution in [0.5, 0.6) is 0 Å². The SMILES string of the molecule is CC1(C)O[C@H]2Cn3c(c(C(C)(C)C)c4ccccc43)C[C@H]2O1. The molecule has 0 bridgehead atoms. The first-order valence-electron chi connectivity index (χ1n) is 8.22. The van der Waals surface area contributed by atoms with Gasteiger partial charge in [0.25, 0.3) is 0 Å². The van der Waals surface area contributed by atoms with Gasteiger partial charge >= 0.3 is 0 Å². The number of para-hydroxylation sites is 1. The van der Waals surface area contributed by atoms with Gasteiger partial charge in [0.05, 0.1) is 12.6 Å². The molecule has 2 atom stereocenters. The summed E-state index contributed by atoms with van der Waals surface area (Å²) in [6.45, 7) is 11.8. The van der Waals surface area contributed by atoms with Crippen molar-refractivity contribution in [2.24, 2.45) is 0 Å². The summed E-state index contributed by atoms with van der Waals surface area (Å²) in [5.74, 6) is -0.461. The van der Waals surface area contributed by atoms with E-state index in [9.17, 15) is 0 Å². The molecular formula is C19H25NO2. The van der Waals surface area contributed by atoms with Gasteiger partial charge in [-0.05, 0) is 30.9 Å². The van der Waals surface area contributed by atoms with Crippen LogP contribution in [0.2, 0.25) is 0 Å². The Morgan fingerprint density at radius 1 is 1.09 bits per heavy atom. The quantitative estimate of drug-likeness (QED) is 0.733. The minimum Gasteiger partial charge on any atom is -0.344 e. The van der Waals surface area contributed by atoms with Crippen LogP contribution in [0, 0.1) is 0 Å². The molecule has 0 N–H and O–H groups in total. The van der Waals surface area contributed by atoms with Gasteiger partial charge in [-0.2, -0.15) is 0 Å². The van der Waals surface area contributed by atoms with Crippen molar-refractivity contribution in [1.82, 2.24) is 4.57 Å². The largest absolute Gasteiger partial charge is 0.344 e. The van der Waals surface area contributed by atoms with Gasteiger partial charge in [0.2, 0.25) is 0 Å². The second-order valence-electron chi connectivity index (χ2n) is 8.12. The summed E-state index contributed by atoms with van der Waals surface area (Å²) in [5, 5.41) is 1.38. The van der Waals surface area contributed by atoms with Crippen LogP contribution in [-0.2, 0) is 27.9 Å². The summed E-state index contributed by atoms with van der Waals surface area (Å²) in [6.07, 6.45) is 1.27. The molecule has 1 aromatic carbocycles. The van der Waals surface area contributed by atoms with Gasteiger partial charge in [0.1, 0.15) is 6.10 Å². The van der Waals surface area contributed by atoms with Gasteiger partial charge in [-0.1, -0.05) is 39.0 Å². The molecule has 22 heavy (non-hydrogen) atoms. The molecule has 0 saturated carbocycles. The third-order valence-electron chi connectivity index (χ3n) is 4.87. The van der Waals surface area contributed by atoms with E-state index in [-0.39, 0.29) is 17.6 Å². The van der Waals surface area contributed by atoms with Crippen LogP contribution in [0.15, 0.2) is 24.3 Å². The highest BCUT2D eigenvalue weighted by molar-refractivity contribution is 5.87. The molecule has 0 radical (unpaired) electrons. The molecule has 0 amide bonds. The van der Waals surface area contributed by atoms with E-state index in [0.717, 1.165) is 13.0 Å². The maximum Gasteiger partial charge on any atom is 0.163 e. The molecule has 2 aromatic rings. The van der Waals surface area contributed by atoms with Crippen molar-refractivity contribution >= 4 is 10.9 Å². The summed E-state index contributed by atoms with van der Waals surface area (Å²) < 4.78 is 14.7. The predicted molar refractivity (Wildman–Crippen MR) is 88.2 cm³/mol. The molecule has 3 heterocycles. The number of fused-ring (bicyclic) bond motifs is 4. The first-order chi connectivity index (χ1) is 10.3. The number of nitrogens with zero attached hydrogens (tertiary/aromatic N) is 1. The van der Waals surface area contributed by atoms with Crippen LogP contribution in [0.1, 0.15) is 45.9 Å². The van der Waals surface area contributed by atoms with Crippen LogP contribution in [-0.4, -0.2) is 22.6 Å². The van der Waals surface area contributed by atoms with Crippen molar-refractivity contribution in [2.45, 2.75) is 71.0 Å². The first-order valence-corrected chi connectivity index (χ1v) is 8.22. The van der Waals surface area contributed by atoms with E-state index in [2.05, 4.69) is 49.6 Å². The Morgan fingerprint density at radius 2 is 1.77 bits per heavy atom. The van der Waals surface area contributed by atoms with E-state index in [1.807, 2.05) is 13.8 Å². The van der Waals surface area contributed by atoms with Gasteiger partial charge in [0, 0.05) is 23.0 Å². The van der Waals surface area contributed by atoms with Crippen LogP contribution < -0.4 is 0 Å². The maximum absolute atomic E-state index is 6.14. The number of rotatable bonds is 0. The lowest BCUT2D eigenvalue weighted by Gasteiger charge is -2.29. The standard InChI is InChI=1S/C19H25NO2/c1-18(2,3)17-12-8-6-7-9-13(12)20-11-16-15(10-14(17)20)21-19(4,5)22-16/h6-9,15-16H,10-11H2,1-5H3/t15-,16+/m1/s1. The monoisotopic (exact) mass is 299 g/mol. The highest BCUT2D eigenvalue weighted by atomic mass is 16.8. The van der Waals surface area contributed by atoms with Gasteiger partial charge in [-0.25, -0.2) is 0 Å². The van der Waals surface area contributed by atoms with Crippen LogP contribution >= 0.6 is 0 Å². The lowest BCUT2D eigenvalue weighted by Crippen LogP contribution is -2.36. The Kier molecular flexibility index (Phi) is 2.83. The van der Waals surface area contributed by atoms with E-state index in [1.165, 1.54) is 22.2 Å². The Labute approximate surface area is 132 Å². The van der Waals surface area contributed by atoms with Gasteiger partial charge in [-0.3, -0.25) is 0 Å². The summed E-state index contributed by atoms with van der Waals surface area (Å²) >= 11 is 0. The molecule has 1 aromatic heterocycles.